The number of nitrogens with zero attached hydrogens (tertiary/aromatic N) is 3. The largest absolute Gasteiger partial charge is 0.507 e. The lowest BCUT2D eigenvalue weighted by atomic mass is 9.95. The van der Waals surface area contributed by atoms with Crippen LogP contribution in [0.25, 0.3) is 5.76 Å². The van der Waals surface area contributed by atoms with Crippen LogP contribution in [-0.4, -0.2) is 70.9 Å². The van der Waals surface area contributed by atoms with Crippen LogP contribution >= 0.6 is 11.6 Å². The number of Topliss-reactive ketones (excluding diaryl/α,β-unsaturated/α-hetero) is 1. The molecule has 172 valence electrons. The molecule has 10 heteroatoms. The minimum absolute atomic E-state index is 0.0573. The van der Waals surface area contributed by atoms with Crippen molar-refractivity contribution in [3.05, 3.63) is 80.4 Å². The highest BCUT2D eigenvalue weighted by molar-refractivity contribution is 6.46. The van der Waals surface area contributed by atoms with Gasteiger partial charge >= 0.3 is 0 Å². The minimum atomic E-state index is -0.873. The van der Waals surface area contributed by atoms with E-state index in [0.717, 1.165) is 13.1 Å². The van der Waals surface area contributed by atoms with Crippen molar-refractivity contribution in [1.29, 1.82) is 0 Å². The van der Waals surface area contributed by atoms with Gasteiger partial charge < -0.3 is 14.7 Å². The number of halogens is 1. The zero-order valence-electron chi connectivity index (χ0n) is 17.6. The fraction of sp³-hybridized carbons (Fsp3) is 0.304. The fourth-order valence-corrected chi connectivity index (χ4v) is 4.20. The number of nitro groups is 1. The van der Waals surface area contributed by atoms with Crippen molar-refractivity contribution < 1.29 is 24.4 Å². The van der Waals surface area contributed by atoms with E-state index in [4.69, 9.17) is 16.3 Å². The van der Waals surface area contributed by atoms with Crippen molar-refractivity contribution >= 4 is 34.7 Å². The Balaban J connectivity index is 1.74. The second kappa shape index (κ2) is 9.70. The van der Waals surface area contributed by atoms with Crippen molar-refractivity contribution in [2.45, 2.75) is 6.04 Å². The highest BCUT2D eigenvalue weighted by atomic mass is 35.5. The molecule has 1 amide bonds. The number of ketones is 1. The normalized spacial score (nSPS) is 20.9. The summed E-state index contributed by atoms with van der Waals surface area (Å²) in [5.74, 6) is -1.84. The molecule has 0 bridgehead atoms. The Bertz CT molecular complexity index is 1090. The predicted molar refractivity (Wildman–Crippen MR) is 121 cm³/mol. The van der Waals surface area contributed by atoms with E-state index in [1.807, 2.05) is 0 Å². The highest BCUT2D eigenvalue weighted by Crippen LogP contribution is 2.39. The van der Waals surface area contributed by atoms with Gasteiger partial charge in [-0.3, -0.25) is 24.6 Å². The third-order valence-corrected chi connectivity index (χ3v) is 6.09. The van der Waals surface area contributed by atoms with Gasteiger partial charge in [0, 0.05) is 48.9 Å². The molecular formula is C23H22ClN3O6. The maximum Gasteiger partial charge on any atom is 0.295 e. The van der Waals surface area contributed by atoms with Gasteiger partial charge in [-0.2, -0.15) is 0 Å². The molecule has 0 aliphatic carbocycles. The maximum atomic E-state index is 13.0. The van der Waals surface area contributed by atoms with Crippen LogP contribution in [-0.2, 0) is 14.3 Å². The Morgan fingerprint density at radius 3 is 2.30 bits per heavy atom. The van der Waals surface area contributed by atoms with E-state index >= 15 is 0 Å². The molecule has 0 aromatic heterocycles. The fourth-order valence-electron chi connectivity index (χ4n) is 4.07. The van der Waals surface area contributed by atoms with Crippen LogP contribution in [0, 0.1) is 10.1 Å². The number of rotatable bonds is 6. The lowest BCUT2D eigenvalue weighted by Gasteiger charge is -2.31. The van der Waals surface area contributed by atoms with Gasteiger partial charge in [0.2, 0.25) is 0 Å². The van der Waals surface area contributed by atoms with E-state index < -0.39 is 22.7 Å². The molecule has 0 spiro atoms. The first-order valence-corrected chi connectivity index (χ1v) is 10.8. The number of carbonyl (C=O) groups excluding carboxylic acids is 2. The number of morpholine rings is 1. The molecule has 2 aliphatic heterocycles. The van der Waals surface area contributed by atoms with Crippen LogP contribution in [0.2, 0.25) is 5.02 Å². The maximum absolute atomic E-state index is 13.0. The summed E-state index contributed by atoms with van der Waals surface area (Å²) in [6.45, 7) is 3.42. The summed E-state index contributed by atoms with van der Waals surface area (Å²) >= 11 is 5.94. The molecule has 1 atom stereocenters. The number of carbonyl (C=O) groups is 2. The Hall–Kier alpha value is -3.27. The molecule has 2 aromatic carbocycles. The molecule has 2 aromatic rings. The minimum Gasteiger partial charge on any atom is -0.507 e. The number of hydrogen-bond donors (Lipinski definition) is 1. The quantitative estimate of drug-likeness (QED) is 0.226. The standard InChI is InChI=1S/C23H22ClN3O6/c24-17-5-1-16(2-6-17)21(28)19-20(15-3-7-18(8-4-15)27(31)32)26(23(30)22(19)29)10-9-25-11-13-33-14-12-25/h1-8,20,28H,9-14H2/t20-/m0/s1. The lowest BCUT2D eigenvalue weighted by molar-refractivity contribution is -0.384. The van der Waals surface area contributed by atoms with Gasteiger partial charge in [0.25, 0.3) is 17.4 Å². The van der Waals surface area contributed by atoms with Gasteiger partial charge in [0.1, 0.15) is 5.76 Å². The SMILES string of the molecule is O=C1C(=O)N(CCN2CCOCC2)[C@@H](c2ccc([N+](=O)[O-])cc2)C1=C(O)c1ccc(Cl)cc1. The molecule has 2 saturated heterocycles. The zero-order valence-corrected chi connectivity index (χ0v) is 18.4. The predicted octanol–water partition coefficient (Wildman–Crippen LogP) is 3.00. The first-order valence-electron chi connectivity index (χ1n) is 10.5. The molecule has 9 nitrogen and oxygen atoms in total. The van der Waals surface area contributed by atoms with Crippen molar-refractivity contribution in [1.82, 2.24) is 9.80 Å². The molecular weight excluding hydrogens is 450 g/mol. The van der Waals surface area contributed by atoms with Gasteiger partial charge in [0.05, 0.1) is 29.8 Å². The number of ether oxygens (including phenoxy) is 1. The number of aliphatic hydroxyl groups excluding tert-OH is 1. The number of non-ortho nitro benzene ring substituents is 1. The summed E-state index contributed by atoms with van der Waals surface area (Å²) < 4.78 is 5.36. The summed E-state index contributed by atoms with van der Waals surface area (Å²) in [7, 11) is 0. The summed E-state index contributed by atoms with van der Waals surface area (Å²) in [6, 6.07) is 11.0. The van der Waals surface area contributed by atoms with Gasteiger partial charge in [-0.15, -0.1) is 0 Å². The smallest absolute Gasteiger partial charge is 0.295 e. The average Bonchev–Trinajstić information content (AvgIpc) is 3.08. The first-order chi connectivity index (χ1) is 15.9. The lowest BCUT2D eigenvalue weighted by Crippen LogP contribution is -2.42. The van der Waals surface area contributed by atoms with Crippen molar-refractivity contribution in [3.63, 3.8) is 0 Å². The Morgan fingerprint density at radius 1 is 1.06 bits per heavy atom. The van der Waals surface area contributed by atoms with Crippen molar-refractivity contribution in [3.8, 4) is 0 Å². The average molecular weight is 472 g/mol. The zero-order chi connectivity index (χ0) is 23.5. The molecule has 4 rings (SSSR count). The van der Waals surface area contributed by atoms with E-state index in [-0.39, 0.29) is 23.6 Å². The first kappa shape index (κ1) is 22.9. The van der Waals surface area contributed by atoms with E-state index in [2.05, 4.69) is 4.90 Å². The molecule has 2 fully saturated rings. The van der Waals surface area contributed by atoms with Crippen molar-refractivity contribution in [2.24, 2.45) is 0 Å². The Labute approximate surface area is 195 Å². The van der Waals surface area contributed by atoms with Crippen LogP contribution in [0.4, 0.5) is 5.69 Å². The third kappa shape index (κ3) is 4.75. The summed E-state index contributed by atoms with van der Waals surface area (Å²) in [6.07, 6.45) is 0. The second-order valence-corrected chi connectivity index (χ2v) is 8.24. The van der Waals surface area contributed by atoms with Crippen LogP contribution in [0.1, 0.15) is 17.2 Å². The summed E-state index contributed by atoms with van der Waals surface area (Å²) in [4.78, 5) is 40.1. The molecule has 0 radical (unpaired) electrons. The van der Waals surface area contributed by atoms with Gasteiger partial charge in [0.15, 0.2) is 0 Å². The van der Waals surface area contributed by atoms with Crippen LogP contribution in [0.3, 0.4) is 0 Å². The van der Waals surface area contributed by atoms with Crippen LogP contribution < -0.4 is 0 Å². The van der Waals surface area contributed by atoms with Crippen LogP contribution in [0.5, 0.6) is 0 Å². The van der Waals surface area contributed by atoms with E-state index in [0.29, 0.717) is 35.9 Å². The highest BCUT2D eigenvalue weighted by Gasteiger charge is 2.46. The number of hydrogen-bond acceptors (Lipinski definition) is 7. The summed E-state index contributed by atoms with van der Waals surface area (Å²) in [5, 5.41) is 22.5. The van der Waals surface area contributed by atoms with Crippen LogP contribution in [0.15, 0.2) is 54.1 Å². The number of nitro benzene ring substituents is 1. The monoisotopic (exact) mass is 471 g/mol. The molecule has 1 N–H and O–H groups in total. The number of likely N-dealkylation sites (tertiary alicyclic amines) is 1. The molecule has 2 heterocycles. The number of benzene rings is 2. The van der Waals surface area contributed by atoms with E-state index in [1.165, 1.54) is 29.2 Å². The number of amides is 1. The van der Waals surface area contributed by atoms with E-state index in [9.17, 15) is 24.8 Å². The Morgan fingerprint density at radius 2 is 1.70 bits per heavy atom. The molecule has 2 aliphatic rings. The molecule has 33 heavy (non-hydrogen) atoms. The van der Waals surface area contributed by atoms with Gasteiger partial charge in [-0.25, -0.2) is 0 Å². The number of aliphatic hydroxyl groups is 1. The third-order valence-electron chi connectivity index (χ3n) is 5.84. The second-order valence-electron chi connectivity index (χ2n) is 7.80. The summed E-state index contributed by atoms with van der Waals surface area (Å²) in [5.41, 5.74) is 0.676. The Kier molecular flexibility index (Phi) is 6.73. The van der Waals surface area contributed by atoms with E-state index in [1.54, 1.807) is 24.3 Å². The topological polar surface area (TPSA) is 113 Å². The molecule has 0 saturated carbocycles. The van der Waals surface area contributed by atoms with Crippen molar-refractivity contribution in [2.75, 3.05) is 39.4 Å². The van der Waals surface area contributed by atoms with Gasteiger partial charge in [-0.1, -0.05) is 11.6 Å². The molecule has 0 unspecified atom stereocenters. The van der Waals surface area contributed by atoms with Gasteiger partial charge in [-0.05, 0) is 42.0 Å².